The van der Waals surface area contributed by atoms with E-state index in [4.69, 9.17) is 4.74 Å². The van der Waals surface area contributed by atoms with Crippen molar-refractivity contribution in [1.29, 1.82) is 0 Å². The van der Waals surface area contributed by atoms with Gasteiger partial charge in [-0.2, -0.15) is 0 Å². The maximum atomic E-state index is 6.23. The van der Waals surface area contributed by atoms with Gasteiger partial charge in [0.2, 0.25) is 0 Å². The van der Waals surface area contributed by atoms with Crippen LogP contribution in [0.25, 0.3) is 67.2 Å². The van der Waals surface area contributed by atoms with Crippen molar-refractivity contribution in [3.63, 3.8) is 0 Å². The van der Waals surface area contributed by atoms with Crippen molar-refractivity contribution >= 4 is 17.0 Å². The van der Waals surface area contributed by atoms with Gasteiger partial charge in [0.15, 0.2) is 0 Å². The molecule has 2 nitrogen and oxygen atoms in total. The minimum Gasteiger partial charge on any atom is -0.488 e. The van der Waals surface area contributed by atoms with Crippen LogP contribution in [0.2, 0.25) is 0 Å². The van der Waals surface area contributed by atoms with Crippen LogP contribution < -0.4 is 4.74 Å². The van der Waals surface area contributed by atoms with Gasteiger partial charge in [-0.15, -0.1) is 0 Å². The van der Waals surface area contributed by atoms with Crippen molar-refractivity contribution in [2.24, 2.45) is 0 Å². The minimum absolute atomic E-state index is 0.561. The molecule has 45 heavy (non-hydrogen) atoms. The molecule has 0 fully saturated rings. The molecule has 212 valence electrons. The second-order valence-corrected chi connectivity index (χ2v) is 11.8. The first-order valence-corrected chi connectivity index (χ1v) is 15.6. The molecule has 9 rings (SSSR count). The van der Waals surface area contributed by atoms with Crippen LogP contribution in [0.3, 0.4) is 0 Å². The first-order chi connectivity index (χ1) is 22.3. The third kappa shape index (κ3) is 4.28. The molecular weight excluding hydrogens is 546 g/mol. The van der Waals surface area contributed by atoms with Crippen LogP contribution in [-0.2, 0) is 13.0 Å². The predicted octanol–water partition coefficient (Wildman–Crippen LogP) is 10.8. The molecule has 1 aliphatic carbocycles. The molecule has 0 N–H and O–H groups in total. The zero-order valence-corrected chi connectivity index (χ0v) is 24.8. The molecule has 1 aromatic heterocycles. The van der Waals surface area contributed by atoms with E-state index in [0.29, 0.717) is 6.61 Å². The molecule has 2 heterocycles. The summed E-state index contributed by atoms with van der Waals surface area (Å²) < 4.78 is 8.68. The first kappa shape index (κ1) is 25.7. The van der Waals surface area contributed by atoms with E-state index in [2.05, 4.69) is 150 Å². The largest absolute Gasteiger partial charge is 0.488 e. The lowest BCUT2D eigenvalue weighted by molar-refractivity contribution is 0.302. The van der Waals surface area contributed by atoms with Gasteiger partial charge in [0.25, 0.3) is 0 Å². The van der Waals surface area contributed by atoms with Crippen molar-refractivity contribution in [3.8, 4) is 55.9 Å². The normalized spacial score (nSPS) is 13.0. The van der Waals surface area contributed by atoms with Gasteiger partial charge in [0.05, 0.1) is 16.8 Å². The van der Waals surface area contributed by atoms with Crippen LogP contribution in [0, 0.1) is 12.1 Å². The molecular formula is C43H29NO. The average molecular weight is 576 g/mol. The maximum absolute atomic E-state index is 6.23. The van der Waals surface area contributed by atoms with Gasteiger partial charge in [-0.05, 0) is 82.6 Å². The summed E-state index contributed by atoms with van der Waals surface area (Å²) in [4.78, 5) is 0. The van der Waals surface area contributed by atoms with E-state index in [1.165, 1.54) is 55.5 Å². The number of allylic oxidation sites excluding steroid dienone is 1. The highest BCUT2D eigenvalue weighted by Crippen LogP contribution is 2.44. The zero-order valence-electron chi connectivity index (χ0n) is 24.8. The fourth-order valence-corrected chi connectivity index (χ4v) is 7.01. The van der Waals surface area contributed by atoms with Gasteiger partial charge in [-0.1, -0.05) is 115 Å². The number of aromatic nitrogens is 1. The van der Waals surface area contributed by atoms with Crippen LogP contribution >= 0.6 is 0 Å². The molecule has 7 aromatic rings. The molecule has 0 atom stereocenters. The highest BCUT2D eigenvalue weighted by atomic mass is 16.5. The Morgan fingerprint density at radius 1 is 0.644 bits per heavy atom. The number of benzene rings is 5. The maximum Gasteiger partial charge on any atom is 0.130 e. The Balaban J connectivity index is 1.11. The third-order valence-electron chi connectivity index (χ3n) is 9.25. The Morgan fingerprint density at radius 2 is 1.33 bits per heavy atom. The molecule has 2 heteroatoms. The molecule has 0 spiro atoms. The van der Waals surface area contributed by atoms with E-state index in [9.17, 15) is 0 Å². The highest BCUT2D eigenvalue weighted by molar-refractivity contribution is 5.97. The summed E-state index contributed by atoms with van der Waals surface area (Å²) in [5.41, 5.74) is 15.7. The predicted molar refractivity (Wildman–Crippen MR) is 184 cm³/mol. The van der Waals surface area contributed by atoms with Crippen LogP contribution in [0.1, 0.15) is 23.2 Å². The Hall–Kier alpha value is -5.78. The number of rotatable bonds is 4. The molecule has 2 aliphatic rings. The van der Waals surface area contributed by atoms with Crippen LogP contribution in [0.4, 0.5) is 0 Å². The Morgan fingerprint density at radius 3 is 2.09 bits per heavy atom. The Kier molecular flexibility index (Phi) is 5.96. The Labute approximate surface area is 263 Å². The fraction of sp³-hybridized carbons (Fsp3) is 0.0698. The van der Waals surface area contributed by atoms with E-state index in [1.807, 2.05) is 6.07 Å². The van der Waals surface area contributed by atoms with E-state index in [1.54, 1.807) is 0 Å². The topological polar surface area (TPSA) is 14.2 Å². The zero-order chi connectivity index (χ0) is 29.7. The standard InChI is InChI=1S/C43H29NO/c1-2-9-29(10-3-1)30-17-19-31(20-18-30)32-21-23-33(24-22-32)34-25-26-40-38(27-34)37-13-6-7-14-39(37)44(40)41-15-8-16-42-43(41)36-12-5-4-11-35(36)28-45-42/h1-4,6,8-11,13,15-27H,7,14,28H2. The van der Waals surface area contributed by atoms with Gasteiger partial charge in [0.1, 0.15) is 12.4 Å². The van der Waals surface area contributed by atoms with Crippen molar-refractivity contribution in [3.05, 3.63) is 162 Å². The number of hydrogen-bond donors (Lipinski definition) is 0. The average Bonchev–Trinajstić information content (AvgIpc) is 3.45. The summed E-state index contributed by atoms with van der Waals surface area (Å²) in [7, 11) is 0. The lowest BCUT2D eigenvalue weighted by Gasteiger charge is -2.24. The quantitative estimate of drug-likeness (QED) is 0.204. The summed E-state index contributed by atoms with van der Waals surface area (Å²) >= 11 is 0. The van der Waals surface area contributed by atoms with E-state index in [0.717, 1.165) is 41.0 Å². The lowest BCUT2D eigenvalue weighted by Crippen LogP contribution is -2.10. The molecule has 6 aromatic carbocycles. The van der Waals surface area contributed by atoms with Crippen molar-refractivity contribution < 1.29 is 4.74 Å². The SMILES string of the molecule is c1ccc2c(c#1)-c1c(cccc1-n1c3c(c4cc(-c5ccc(-c6ccc(-c7ccccc7)cc6)cc5)ccc41)C=CCC3)OC2. The van der Waals surface area contributed by atoms with Gasteiger partial charge < -0.3 is 9.30 Å². The van der Waals surface area contributed by atoms with Gasteiger partial charge >= 0.3 is 0 Å². The molecule has 1 aliphatic heterocycles. The smallest absolute Gasteiger partial charge is 0.130 e. The van der Waals surface area contributed by atoms with E-state index >= 15 is 0 Å². The monoisotopic (exact) mass is 575 g/mol. The van der Waals surface area contributed by atoms with Crippen molar-refractivity contribution in [2.75, 3.05) is 0 Å². The molecule has 0 radical (unpaired) electrons. The summed E-state index contributed by atoms with van der Waals surface area (Å²) in [5, 5.41) is 1.28. The molecule has 0 unspecified atom stereocenters. The Bertz CT molecular complexity index is 2240. The second-order valence-electron chi connectivity index (χ2n) is 11.8. The minimum atomic E-state index is 0.561. The summed E-state index contributed by atoms with van der Waals surface area (Å²) in [6.07, 6.45) is 6.64. The van der Waals surface area contributed by atoms with Crippen LogP contribution in [-0.4, -0.2) is 4.57 Å². The third-order valence-corrected chi connectivity index (χ3v) is 9.25. The molecule has 0 bridgehead atoms. The molecule has 0 saturated carbocycles. The number of nitrogens with zero attached hydrogens (tertiary/aromatic N) is 1. The van der Waals surface area contributed by atoms with Crippen molar-refractivity contribution in [1.82, 2.24) is 4.57 Å². The highest BCUT2D eigenvalue weighted by Gasteiger charge is 2.25. The number of fused-ring (bicyclic) bond motifs is 6. The van der Waals surface area contributed by atoms with Gasteiger partial charge in [0, 0.05) is 27.8 Å². The van der Waals surface area contributed by atoms with Gasteiger partial charge in [-0.25, -0.2) is 0 Å². The fourth-order valence-electron chi connectivity index (χ4n) is 7.01. The van der Waals surface area contributed by atoms with Crippen LogP contribution in [0.15, 0.2) is 133 Å². The summed E-state index contributed by atoms with van der Waals surface area (Å²) in [6, 6.07) is 52.2. The summed E-state index contributed by atoms with van der Waals surface area (Å²) in [5.74, 6) is 0.907. The van der Waals surface area contributed by atoms with Crippen molar-refractivity contribution in [2.45, 2.75) is 19.4 Å². The molecule has 0 amide bonds. The second kappa shape index (κ2) is 10.4. The number of ether oxygens (including phenoxy) is 1. The van der Waals surface area contributed by atoms with Gasteiger partial charge in [-0.3, -0.25) is 0 Å². The summed E-state index contributed by atoms with van der Waals surface area (Å²) in [6.45, 7) is 0.561. The van der Waals surface area contributed by atoms with Crippen LogP contribution in [0.5, 0.6) is 5.75 Å². The first-order valence-electron chi connectivity index (χ1n) is 15.6. The number of hydrogen-bond acceptors (Lipinski definition) is 1. The van der Waals surface area contributed by atoms with E-state index < -0.39 is 0 Å². The lowest BCUT2D eigenvalue weighted by atomic mass is 9.96. The van der Waals surface area contributed by atoms with E-state index in [-0.39, 0.29) is 0 Å². The molecule has 0 saturated heterocycles.